The molecule has 264 valence electrons. The van der Waals surface area contributed by atoms with E-state index in [2.05, 4.69) is 5.32 Å². The predicted octanol–water partition coefficient (Wildman–Crippen LogP) is 6.95. The van der Waals surface area contributed by atoms with Gasteiger partial charge in [-0.2, -0.15) is 0 Å². The van der Waals surface area contributed by atoms with Crippen LogP contribution in [-0.2, 0) is 32.6 Å². The first kappa shape index (κ1) is 36.7. The zero-order chi connectivity index (χ0) is 35.7. The first-order valence-corrected chi connectivity index (χ1v) is 18.6. The first-order chi connectivity index (χ1) is 24.1. The van der Waals surface area contributed by atoms with Crippen molar-refractivity contribution < 1.29 is 27.5 Å². The van der Waals surface area contributed by atoms with Crippen molar-refractivity contribution in [3.8, 4) is 11.5 Å². The third kappa shape index (κ3) is 9.17. The standard InChI is InChI=1S/C39H44ClN3O6S/c1-28-17-20-34(21-18-28)50(46,47)43(33-19-22-36(48-2)37(25-33)49-3)27-38(44)42(26-30-13-10-14-31(40)23-30)35(24-29-11-6-4-7-12-29)39(45)41-32-15-8-5-9-16-32/h4,6-7,10-14,17-23,25,32,35H,5,8-9,15-16,24,26-27H2,1-3H3,(H,41,45)/t35-/m1/s1. The highest BCUT2D eigenvalue weighted by atomic mass is 35.5. The number of anilines is 1. The van der Waals surface area contributed by atoms with E-state index in [1.807, 2.05) is 43.3 Å². The Morgan fingerprint density at radius 2 is 1.52 bits per heavy atom. The Morgan fingerprint density at radius 3 is 2.18 bits per heavy atom. The summed E-state index contributed by atoms with van der Waals surface area (Å²) in [4.78, 5) is 30.6. The van der Waals surface area contributed by atoms with E-state index in [9.17, 15) is 18.0 Å². The summed E-state index contributed by atoms with van der Waals surface area (Å²) in [5, 5.41) is 3.71. The average molecular weight is 718 g/mol. The van der Waals surface area contributed by atoms with E-state index >= 15 is 0 Å². The van der Waals surface area contributed by atoms with Crippen LogP contribution in [0.25, 0.3) is 0 Å². The molecule has 0 bridgehead atoms. The van der Waals surface area contributed by atoms with Crippen LogP contribution in [-0.4, -0.2) is 58.0 Å². The monoisotopic (exact) mass is 717 g/mol. The van der Waals surface area contributed by atoms with Crippen LogP contribution in [0.4, 0.5) is 5.69 Å². The lowest BCUT2D eigenvalue weighted by Gasteiger charge is -2.35. The zero-order valence-corrected chi connectivity index (χ0v) is 30.3. The topological polar surface area (TPSA) is 105 Å². The lowest BCUT2D eigenvalue weighted by atomic mass is 9.94. The zero-order valence-electron chi connectivity index (χ0n) is 28.7. The van der Waals surface area contributed by atoms with Crippen molar-refractivity contribution in [2.75, 3.05) is 25.1 Å². The number of halogens is 1. The van der Waals surface area contributed by atoms with Gasteiger partial charge in [0.25, 0.3) is 10.0 Å². The molecule has 1 fully saturated rings. The van der Waals surface area contributed by atoms with Crippen LogP contribution >= 0.6 is 11.6 Å². The molecule has 11 heteroatoms. The van der Waals surface area contributed by atoms with Crippen molar-refractivity contribution in [2.45, 2.75) is 69.0 Å². The van der Waals surface area contributed by atoms with Crippen molar-refractivity contribution in [1.29, 1.82) is 0 Å². The van der Waals surface area contributed by atoms with Crippen molar-refractivity contribution in [2.24, 2.45) is 0 Å². The minimum atomic E-state index is -4.28. The van der Waals surface area contributed by atoms with Gasteiger partial charge in [-0.15, -0.1) is 0 Å². The maximum absolute atomic E-state index is 14.8. The Morgan fingerprint density at radius 1 is 0.840 bits per heavy atom. The summed E-state index contributed by atoms with van der Waals surface area (Å²) >= 11 is 6.37. The average Bonchev–Trinajstić information content (AvgIpc) is 3.12. The molecule has 0 saturated heterocycles. The van der Waals surface area contributed by atoms with Gasteiger partial charge >= 0.3 is 0 Å². The third-order valence-electron chi connectivity index (χ3n) is 9.01. The van der Waals surface area contributed by atoms with Crippen LogP contribution in [0, 0.1) is 6.92 Å². The SMILES string of the molecule is COc1ccc(N(CC(=O)N(Cc2cccc(Cl)c2)[C@H](Cc2ccccc2)C(=O)NC2CCCCC2)S(=O)(=O)c2ccc(C)cc2)cc1OC. The molecule has 0 unspecified atom stereocenters. The summed E-state index contributed by atoms with van der Waals surface area (Å²) in [5.41, 5.74) is 2.65. The van der Waals surface area contributed by atoms with Gasteiger partial charge in [-0.25, -0.2) is 8.42 Å². The summed E-state index contributed by atoms with van der Waals surface area (Å²) in [6.07, 6.45) is 5.14. The summed E-state index contributed by atoms with van der Waals surface area (Å²) < 4.78 is 40.8. The molecule has 4 aromatic carbocycles. The Kier molecular flexibility index (Phi) is 12.4. The summed E-state index contributed by atoms with van der Waals surface area (Å²) in [6, 6.07) is 26.8. The molecular formula is C39H44ClN3O6S. The summed E-state index contributed by atoms with van der Waals surface area (Å²) in [7, 11) is -1.34. The smallest absolute Gasteiger partial charge is 0.264 e. The Labute approximate surface area is 300 Å². The predicted molar refractivity (Wildman–Crippen MR) is 196 cm³/mol. The van der Waals surface area contributed by atoms with Crippen molar-refractivity contribution in [3.63, 3.8) is 0 Å². The van der Waals surface area contributed by atoms with E-state index in [0.717, 1.165) is 47.5 Å². The van der Waals surface area contributed by atoms with Crippen LogP contribution in [0.1, 0.15) is 48.8 Å². The first-order valence-electron chi connectivity index (χ1n) is 16.8. The molecule has 1 N–H and O–H groups in total. The highest BCUT2D eigenvalue weighted by Crippen LogP contribution is 2.34. The number of carbonyl (C=O) groups is 2. The quantitative estimate of drug-likeness (QED) is 0.151. The second-order valence-corrected chi connectivity index (χ2v) is 14.9. The number of aryl methyl sites for hydroxylation is 1. The number of nitrogens with one attached hydrogen (secondary N) is 1. The molecule has 9 nitrogen and oxygen atoms in total. The molecule has 2 amide bonds. The number of amides is 2. The third-order valence-corrected chi connectivity index (χ3v) is 11.0. The lowest BCUT2D eigenvalue weighted by Crippen LogP contribution is -2.55. The van der Waals surface area contributed by atoms with Gasteiger partial charge in [0.15, 0.2) is 11.5 Å². The van der Waals surface area contributed by atoms with Gasteiger partial charge in [0, 0.05) is 30.1 Å². The van der Waals surface area contributed by atoms with E-state index in [1.165, 1.54) is 37.3 Å². The van der Waals surface area contributed by atoms with Gasteiger partial charge in [0.2, 0.25) is 11.8 Å². The van der Waals surface area contributed by atoms with E-state index < -0.39 is 28.5 Å². The van der Waals surface area contributed by atoms with E-state index in [-0.39, 0.29) is 35.5 Å². The second kappa shape index (κ2) is 16.9. The van der Waals surface area contributed by atoms with Crippen LogP contribution in [0.3, 0.4) is 0 Å². The van der Waals surface area contributed by atoms with Crippen LogP contribution in [0.2, 0.25) is 5.02 Å². The molecule has 1 aliphatic rings. The number of rotatable bonds is 14. The molecular weight excluding hydrogens is 674 g/mol. The van der Waals surface area contributed by atoms with E-state index in [0.29, 0.717) is 22.1 Å². The van der Waals surface area contributed by atoms with E-state index in [4.69, 9.17) is 21.1 Å². The molecule has 50 heavy (non-hydrogen) atoms. The summed E-state index contributed by atoms with van der Waals surface area (Å²) in [6.45, 7) is 1.30. The minimum Gasteiger partial charge on any atom is -0.493 e. The van der Waals surface area contributed by atoms with Crippen LogP contribution in [0.5, 0.6) is 11.5 Å². The molecule has 0 aliphatic heterocycles. The summed E-state index contributed by atoms with van der Waals surface area (Å²) in [5.74, 6) is -0.142. The molecule has 1 saturated carbocycles. The molecule has 0 aromatic heterocycles. The fourth-order valence-electron chi connectivity index (χ4n) is 6.28. The number of carbonyl (C=O) groups excluding carboxylic acids is 2. The molecule has 1 atom stereocenters. The maximum Gasteiger partial charge on any atom is 0.264 e. The maximum atomic E-state index is 14.8. The molecule has 0 heterocycles. The molecule has 4 aromatic rings. The number of ether oxygens (including phenoxy) is 2. The minimum absolute atomic E-state index is 0.00261. The van der Waals surface area contributed by atoms with Crippen molar-refractivity contribution in [3.05, 3.63) is 119 Å². The van der Waals surface area contributed by atoms with Crippen molar-refractivity contribution in [1.82, 2.24) is 10.2 Å². The second-order valence-electron chi connectivity index (χ2n) is 12.6. The Balaban J connectivity index is 1.59. The fraction of sp³-hybridized carbons (Fsp3) is 0.333. The van der Waals surface area contributed by atoms with Gasteiger partial charge in [0.1, 0.15) is 12.6 Å². The highest BCUT2D eigenvalue weighted by molar-refractivity contribution is 7.92. The number of nitrogens with zero attached hydrogens (tertiary/aromatic N) is 2. The Bertz CT molecular complexity index is 1860. The molecule has 0 spiro atoms. The van der Waals surface area contributed by atoms with Crippen LogP contribution < -0.4 is 19.1 Å². The van der Waals surface area contributed by atoms with Gasteiger partial charge in [-0.3, -0.25) is 13.9 Å². The van der Waals surface area contributed by atoms with Gasteiger partial charge in [-0.05, 0) is 67.3 Å². The number of hydrogen-bond acceptors (Lipinski definition) is 6. The van der Waals surface area contributed by atoms with Gasteiger partial charge in [-0.1, -0.05) is 91.0 Å². The number of sulfonamides is 1. The number of methoxy groups -OCH3 is 2. The largest absolute Gasteiger partial charge is 0.493 e. The fourth-order valence-corrected chi connectivity index (χ4v) is 7.90. The van der Waals surface area contributed by atoms with Crippen molar-refractivity contribution >= 4 is 39.1 Å². The van der Waals surface area contributed by atoms with E-state index in [1.54, 1.807) is 42.5 Å². The normalized spacial score (nSPS) is 14.0. The van der Waals surface area contributed by atoms with Crippen LogP contribution in [0.15, 0.2) is 102 Å². The molecule has 1 aliphatic carbocycles. The lowest BCUT2D eigenvalue weighted by molar-refractivity contribution is -0.140. The highest BCUT2D eigenvalue weighted by Gasteiger charge is 2.35. The van der Waals surface area contributed by atoms with Gasteiger partial charge < -0.3 is 19.7 Å². The molecule has 0 radical (unpaired) electrons. The number of hydrogen-bond donors (Lipinski definition) is 1. The van der Waals surface area contributed by atoms with Gasteiger partial charge in [0.05, 0.1) is 24.8 Å². The number of benzene rings is 4. The Hall–Kier alpha value is -4.54. The molecule has 5 rings (SSSR count).